The van der Waals surface area contributed by atoms with E-state index in [4.69, 9.17) is 23.2 Å². The second-order valence-electron chi connectivity index (χ2n) is 4.93. The van der Waals surface area contributed by atoms with Crippen LogP contribution in [-0.2, 0) is 0 Å². The Hall–Kier alpha value is -2.29. The van der Waals surface area contributed by atoms with E-state index in [1.165, 1.54) is 0 Å². The van der Waals surface area contributed by atoms with Gasteiger partial charge in [-0.05, 0) is 60.7 Å². The Balaban J connectivity index is 2.02. The highest BCUT2D eigenvalue weighted by molar-refractivity contribution is 6.30. The minimum Gasteiger partial charge on any atom is -0.354 e. The van der Waals surface area contributed by atoms with Crippen LogP contribution < -0.4 is 10.7 Å². The van der Waals surface area contributed by atoms with Gasteiger partial charge in [0.25, 0.3) is 0 Å². The van der Waals surface area contributed by atoms with Crippen LogP contribution in [0.3, 0.4) is 0 Å². The van der Waals surface area contributed by atoms with Crippen molar-refractivity contribution in [3.63, 3.8) is 0 Å². The zero-order valence-corrected chi connectivity index (χ0v) is 13.7. The Bertz CT molecular complexity index is 857. The lowest BCUT2D eigenvalue weighted by molar-refractivity contribution is 1.34. The van der Waals surface area contributed by atoms with Crippen molar-refractivity contribution in [1.82, 2.24) is 0 Å². The zero-order chi connectivity index (χ0) is 16.1. The minimum atomic E-state index is 0.696. The number of hydrogen-bond donors (Lipinski definition) is 1. The van der Waals surface area contributed by atoms with E-state index in [2.05, 4.69) is 10.3 Å². The number of benzene rings is 2. The summed E-state index contributed by atoms with van der Waals surface area (Å²) >= 11 is 11.9. The van der Waals surface area contributed by atoms with E-state index in [1.807, 2.05) is 78.9 Å². The molecule has 0 saturated carbocycles. The molecule has 0 bridgehead atoms. The van der Waals surface area contributed by atoms with Gasteiger partial charge < -0.3 is 5.32 Å². The van der Waals surface area contributed by atoms with Gasteiger partial charge in [0.2, 0.25) is 0 Å². The van der Waals surface area contributed by atoms with E-state index in [1.54, 1.807) is 0 Å². The molecular formula is C19H14Cl2N2. The predicted octanol–water partition coefficient (Wildman–Crippen LogP) is 5.97. The topological polar surface area (TPSA) is 24.4 Å². The number of hydrogen-bond acceptors (Lipinski definition) is 2. The number of halogens is 2. The van der Waals surface area contributed by atoms with Crippen molar-refractivity contribution in [2.24, 2.45) is 4.99 Å². The lowest BCUT2D eigenvalue weighted by atomic mass is 10.3. The molecule has 0 heterocycles. The summed E-state index contributed by atoms with van der Waals surface area (Å²) in [6.45, 7) is 0. The second-order valence-corrected chi connectivity index (χ2v) is 5.80. The summed E-state index contributed by atoms with van der Waals surface area (Å²) < 4.78 is 0. The molecule has 2 nitrogen and oxygen atoms in total. The van der Waals surface area contributed by atoms with Gasteiger partial charge in [0.15, 0.2) is 0 Å². The number of nitrogens with zero attached hydrogens (tertiary/aromatic N) is 1. The van der Waals surface area contributed by atoms with Gasteiger partial charge >= 0.3 is 0 Å². The van der Waals surface area contributed by atoms with Crippen LogP contribution in [-0.4, -0.2) is 0 Å². The van der Waals surface area contributed by atoms with Crippen molar-refractivity contribution in [1.29, 1.82) is 0 Å². The molecule has 4 heteroatoms. The van der Waals surface area contributed by atoms with Crippen molar-refractivity contribution in [2.45, 2.75) is 0 Å². The van der Waals surface area contributed by atoms with Crippen LogP contribution in [0.5, 0.6) is 0 Å². The van der Waals surface area contributed by atoms with Gasteiger partial charge in [-0.15, -0.1) is 0 Å². The molecule has 3 aromatic carbocycles. The van der Waals surface area contributed by atoms with Gasteiger partial charge in [-0.2, -0.15) is 0 Å². The SMILES string of the molecule is Clc1ccc(N=c2cccccc2Nc2ccc(Cl)cc2)cc1. The van der Waals surface area contributed by atoms with Crippen LogP contribution in [0.2, 0.25) is 10.0 Å². The van der Waals surface area contributed by atoms with Gasteiger partial charge in [-0.1, -0.05) is 41.4 Å². The van der Waals surface area contributed by atoms with E-state index in [9.17, 15) is 0 Å². The third-order valence-electron chi connectivity index (χ3n) is 3.21. The molecule has 0 aromatic heterocycles. The number of rotatable bonds is 3. The maximum atomic E-state index is 5.93. The molecule has 3 rings (SSSR count). The van der Waals surface area contributed by atoms with E-state index in [0.29, 0.717) is 10.0 Å². The average Bonchev–Trinajstić information content (AvgIpc) is 2.77. The van der Waals surface area contributed by atoms with Crippen LogP contribution in [0.25, 0.3) is 0 Å². The molecule has 1 N–H and O–H groups in total. The Labute approximate surface area is 145 Å². The van der Waals surface area contributed by atoms with Crippen LogP contribution in [0.15, 0.2) is 83.9 Å². The first-order chi connectivity index (χ1) is 11.2. The van der Waals surface area contributed by atoms with Crippen LogP contribution in [0.1, 0.15) is 0 Å². The highest BCUT2D eigenvalue weighted by Gasteiger charge is 1.98. The fraction of sp³-hybridized carbons (Fsp3) is 0. The van der Waals surface area contributed by atoms with Gasteiger partial charge in [0, 0.05) is 15.7 Å². The summed E-state index contributed by atoms with van der Waals surface area (Å²) in [6.07, 6.45) is 0. The molecule has 0 amide bonds. The summed E-state index contributed by atoms with van der Waals surface area (Å²) in [7, 11) is 0. The molecule has 114 valence electrons. The Kier molecular flexibility index (Phi) is 4.96. The molecule has 0 aliphatic heterocycles. The molecule has 0 atom stereocenters. The molecule has 0 fully saturated rings. The van der Waals surface area contributed by atoms with E-state index in [-0.39, 0.29) is 0 Å². The molecule has 3 aromatic rings. The predicted molar refractivity (Wildman–Crippen MR) is 97.9 cm³/mol. The van der Waals surface area contributed by atoms with E-state index >= 15 is 0 Å². The number of anilines is 2. The molecule has 0 radical (unpaired) electrons. The van der Waals surface area contributed by atoms with Crippen LogP contribution in [0.4, 0.5) is 17.1 Å². The van der Waals surface area contributed by atoms with E-state index in [0.717, 1.165) is 22.4 Å². The van der Waals surface area contributed by atoms with Gasteiger partial charge in [-0.25, -0.2) is 4.99 Å². The van der Waals surface area contributed by atoms with Crippen LogP contribution in [0, 0.1) is 0 Å². The molecule has 0 spiro atoms. The highest BCUT2D eigenvalue weighted by atomic mass is 35.5. The van der Waals surface area contributed by atoms with Crippen molar-refractivity contribution >= 4 is 40.3 Å². The third kappa shape index (κ3) is 4.35. The zero-order valence-electron chi connectivity index (χ0n) is 12.2. The standard InChI is InChI=1S/C19H14Cl2N2/c20-14-6-10-16(11-7-14)22-18-4-2-1-3-5-19(18)23-17-12-8-15(21)9-13-17/h1-13H,(H,22,23). The summed E-state index contributed by atoms with van der Waals surface area (Å²) in [6, 6.07) is 24.9. The quantitative estimate of drug-likeness (QED) is 0.624. The molecule has 0 saturated heterocycles. The maximum Gasteiger partial charge on any atom is 0.0871 e. The maximum absolute atomic E-state index is 5.93. The Morgan fingerprint density at radius 1 is 0.652 bits per heavy atom. The minimum absolute atomic E-state index is 0.696. The van der Waals surface area contributed by atoms with Gasteiger partial charge in [0.1, 0.15) is 0 Å². The number of nitrogens with one attached hydrogen (secondary N) is 1. The smallest absolute Gasteiger partial charge is 0.0871 e. The Morgan fingerprint density at radius 3 is 1.96 bits per heavy atom. The van der Waals surface area contributed by atoms with Crippen molar-refractivity contribution < 1.29 is 0 Å². The normalized spacial score (nSPS) is 11.3. The lowest BCUT2D eigenvalue weighted by Crippen LogP contribution is -2.05. The summed E-state index contributed by atoms with van der Waals surface area (Å²) in [4.78, 5) is 4.69. The summed E-state index contributed by atoms with van der Waals surface area (Å²) in [5.41, 5.74) is 2.71. The lowest BCUT2D eigenvalue weighted by Gasteiger charge is -2.05. The highest BCUT2D eigenvalue weighted by Crippen LogP contribution is 2.18. The monoisotopic (exact) mass is 340 g/mol. The first-order valence-electron chi connectivity index (χ1n) is 7.13. The third-order valence-corrected chi connectivity index (χ3v) is 3.72. The first kappa shape index (κ1) is 15.6. The van der Waals surface area contributed by atoms with Gasteiger partial charge in [-0.3, -0.25) is 0 Å². The first-order valence-corrected chi connectivity index (χ1v) is 7.88. The van der Waals surface area contributed by atoms with Crippen molar-refractivity contribution in [3.05, 3.63) is 94.3 Å². The molecule has 0 aliphatic carbocycles. The van der Waals surface area contributed by atoms with Gasteiger partial charge in [0.05, 0.1) is 16.7 Å². The average molecular weight is 341 g/mol. The van der Waals surface area contributed by atoms with Crippen LogP contribution >= 0.6 is 23.2 Å². The summed E-state index contributed by atoms with van der Waals surface area (Å²) in [5, 5.41) is 5.62. The fourth-order valence-electron chi connectivity index (χ4n) is 2.08. The molecular weight excluding hydrogens is 327 g/mol. The second kappa shape index (κ2) is 7.32. The largest absolute Gasteiger partial charge is 0.354 e. The molecule has 23 heavy (non-hydrogen) atoms. The van der Waals surface area contributed by atoms with Crippen molar-refractivity contribution in [2.75, 3.05) is 5.32 Å². The fourth-order valence-corrected chi connectivity index (χ4v) is 2.34. The molecule has 0 aliphatic rings. The Morgan fingerprint density at radius 2 is 1.26 bits per heavy atom. The van der Waals surface area contributed by atoms with E-state index < -0.39 is 0 Å². The summed E-state index contributed by atoms with van der Waals surface area (Å²) in [5.74, 6) is 0. The molecule has 0 unspecified atom stereocenters. The van der Waals surface area contributed by atoms with Crippen molar-refractivity contribution in [3.8, 4) is 0 Å².